The third-order valence-corrected chi connectivity index (χ3v) is 7.05. The van der Waals surface area contributed by atoms with Crippen molar-refractivity contribution in [1.82, 2.24) is 0 Å². The number of benzene rings is 4. The van der Waals surface area contributed by atoms with E-state index in [1.165, 1.54) is 0 Å². The summed E-state index contributed by atoms with van der Waals surface area (Å²) in [7, 11) is 0. The van der Waals surface area contributed by atoms with E-state index in [-0.39, 0.29) is 18.7 Å². The summed E-state index contributed by atoms with van der Waals surface area (Å²) >= 11 is 6.26. The van der Waals surface area contributed by atoms with Crippen molar-refractivity contribution in [1.29, 1.82) is 0 Å². The van der Waals surface area contributed by atoms with Crippen LogP contribution >= 0.6 is 11.6 Å². The summed E-state index contributed by atoms with van der Waals surface area (Å²) in [6, 6.07) is 26.3. The van der Waals surface area contributed by atoms with Crippen LogP contribution in [0.5, 0.6) is 0 Å². The number of rotatable bonds is 6. The van der Waals surface area contributed by atoms with Crippen LogP contribution in [0.3, 0.4) is 0 Å². The number of carbonyl (C=O) groups excluding carboxylic acids is 2. The molecule has 0 radical (unpaired) electrons. The summed E-state index contributed by atoms with van der Waals surface area (Å²) in [6.07, 6.45) is -0.355. The van der Waals surface area contributed by atoms with Crippen molar-refractivity contribution in [3.63, 3.8) is 0 Å². The van der Waals surface area contributed by atoms with E-state index in [0.29, 0.717) is 27.8 Å². The van der Waals surface area contributed by atoms with E-state index in [1.54, 1.807) is 35.2 Å². The lowest BCUT2D eigenvalue weighted by Crippen LogP contribution is -2.41. The second-order valence-electron chi connectivity index (χ2n) is 9.43. The van der Waals surface area contributed by atoms with Crippen LogP contribution in [-0.2, 0) is 16.9 Å². The van der Waals surface area contributed by atoms with Gasteiger partial charge in [-0.25, -0.2) is 0 Å². The van der Waals surface area contributed by atoms with Gasteiger partial charge in [0, 0.05) is 16.1 Å². The van der Waals surface area contributed by atoms with Crippen LogP contribution in [0.1, 0.15) is 53.2 Å². The maximum Gasteiger partial charge on any atom is 0.264 e. The van der Waals surface area contributed by atoms with E-state index in [4.69, 9.17) is 11.6 Å². The molecule has 5 heteroatoms. The smallest absolute Gasteiger partial charge is 0.264 e. The van der Waals surface area contributed by atoms with Gasteiger partial charge < -0.3 is 10.0 Å². The fraction of sp³-hybridized carbons (Fsp3) is 0.200. The molecule has 1 heterocycles. The molecule has 0 bridgehead atoms. The Balaban J connectivity index is 1.50. The average molecular weight is 484 g/mol. The Morgan fingerprint density at radius 2 is 1.69 bits per heavy atom. The number of Topliss-reactive ketones (excluding diaryl/α,β-unsaturated/α-hetero) is 1. The summed E-state index contributed by atoms with van der Waals surface area (Å²) in [5, 5.41) is 14.2. The zero-order valence-corrected chi connectivity index (χ0v) is 20.4. The molecule has 0 saturated heterocycles. The molecule has 1 amide bonds. The van der Waals surface area contributed by atoms with E-state index in [1.807, 2.05) is 54.6 Å². The monoisotopic (exact) mass is 483 g/mol. The zero-order valence-electron chi connectivity index (χ0n) is 19.7. The van der Waals surface area contributed by atoms with Gasteiger partial charge in [0.15, 0.2) is 11.4 Å². The zero-order chi connectivity index (χ0) is 24.7. The van der Waals surface area contributed by atoms with Gasteiger partial charge in [-0.1, -0.05) is 92.2 Å². The highest BCUT2D eigenvalue weighted by molar-refractivity contribution is 6.31. The van der Waals surface area contributed by atoms with Gasteiger partial charge in [-0.3, -0.25) is 9.59 Å². The minimum atomic E-state index is -1.99. The van der Waals surface area contributed by atoms with Crippen molar-refractivity contribution in [2.45, 2.75) is 38.3 Å². The maximum atomic E-state index is 13.7. The molecule has 1 aliphatic rings. The van der Waals surface area contributed by atoms with E-state index in [2.05, 4.69) is 13.8 Å². The van der Waals surface area contributed by atoms with Crippen LogP contribution in [0, 0.1) is 0 Å². The van der Waals surface area contributed by atoms with Crippen molar-refractivity contribution in [2.24, 2.45) is 0 Å². The van der Waals surface area contributed by atoms with Crippen LogP contribution in [0.2, 0.25) is 5.02 Å². The number of hydrogen-bond donors (Lipinski definition) is 1. The minimum Gasteiger partial charge on any atom is -0.375 e. The molecule has 1 atom stereocenters. The molecule has 176 valence electrons. The topological polar surface area (TPSA) is 57.6 Å². The first-order chi connectivity index (χ1) is 16.8. The number of hydrogen-bond acceptors (Lipinski definition) is 3. The fourth-order valence-electron chi connectivity index (χ4n) is 4.84. The summed E-state index contributed by atoms with van der Waals surface area (Å²) < 4.78 is 0. The molecular weight excluding hydrogens is 458 g/mol. The Hall–Kier alpha value is -3.47. The van der Waals surface area contributed by atoms with Crippen LogP contribution in [-0.4, -0.2) is 16.8 Å². The van der Waals surface area contributed by atoms with Gasteiger partial charge in [-0.05, 0) is 46.0 Å². The first kappa shape index (κ1) is 23.3. The Morgan fingerprint density at radius 1 is 0.971 bits per heavy atom. The van der Waals surface area contributed by atoms with Crippen molar-refractivity contribution >= 4 is 39.8 Å². The van der Waals surface area contributed by atoms with Crippen LogP contribution in [0.4, 0.5) is 5.69 Å². The first-order valence-corrected chi connectivity index (χ1v) is 12.1. The number of carbonyl (C=O) groups is 2. The van der Waals surface area contributed by atoms with Crippen molar-refractivity contribution in [2.75, 3.05) is 4.90 Å². The standard InChI is InChI=1S/C30H26ClNO3/c1-19(2)20-10-12-22(13-11-20)28(33)17-30(35)26-16-24(31)14-15-27(26)32(29(30)34)18-23-8-5-7-21-6-3-4-9-25(21)23/h3-16,19,35H,17-18H2,1-2H3/t30-/m0/s1. The van der Waals surface area contributed by atoms with E-state index >= 15 is 0 Å². The number of fused-ring (bicyclic) bond motifs is 2. The minimum absolute atomic E-state index is 0.272. The van der Waals surface area contributed by atoms with E-state index < -0.39 is 11.5 Å². The number of ketones is 1. The average Bonchev–Trinajstić information content (AvgIpc) is 3.05. The van der Waals surface area contributed by atoms with E-state index in [9.17, 15) is 14.7 Å². The van der Waals surface area contributed by atoms with Gasteiger partial charge in [-0.2, -0.15) is 0 Å². The molecular formula is C30H26ClNO3. The van der Waals surface area contributed by atoms with Crippen molar-refractivity contribution in [3.05, 3.63) is 112 Å². The number of amides is 1. The Kier molecular flexibility index (Phi) is 5.96. The molecule has 0 aromatic heterocycles. The molecule has 1 aliphatic heterocycles. The molecule has 1 N–H and O–H groups in total. The summed E-state index contributed by atoms with van der Waals surface area (Å²) in [4.78, 5) is 28.5. The second kappa shape index (κ2) is 8.95. The van der Waals surface area contributed by atoms with Gasteiger partial charge in [0.2, 0.25) is 0 Å². The third-order valence-electron chi connectivity index (χ3n) is 6.82. The predicted molar refractivity (Wildman–Crippen MR) is 140 cm³/mol. The predicted octanol–water partition coefficient (Wildman–Crippen LogP) is 6.62. The molecule has 5 rings (SSSR count). The molecule has 0 saturated carbocycles. The van der Waals surface area contributed by atoms with Gasteiger partial charge in [0.1, 0.15) is 0 Å². The first-order valence-electron chi connectivity index (χ1n) is 11.7. The maximum absolute atomic E-state index is 13.7. The molecule has 0 unspecified atom stereocenters. The van der Waals surface area contributed by atoms with Gasteiger partial charge in [0.05, 0.1) is 18.7 Å². The fourth-order valence-corrected chi connectivity index (χ4v) is 5.01. The van der Waals surface area contributed by atoms with E-state index in [0.717, 1.165) is 21.9 Å². The quantitative estimate of drug-likeness (QED) is 0.313. The lowest BCUT2D eigenvalue weighted by molar-refractivity contribution is -0.136. The number of aliphatic hydroxyl groups is 1. The SMILES string of the molecule is CC(C)c1ccc(C(=O)C[C@@]2(O)C(=O)N(Cc3cccc4ccccc34)c3ccc(Cl)cc32)cc1. The molecule has 0 fully saturated rings. The summed E-state index contributed by atoms with van der Waals surface area (Å²) in [5.41, 5.74) is 1.48. The van der Waals surface area contributed by atoms with Gasteiger partial charge in [-0.15, -0.1) is 0 Å². The second-order valence-corrected chi connectivity index (χ2v) is 9.86. The number of halogens is 1. The molecule has 35 heavy (non-hydrogen) atoms. The number of nitrogens with zero attached hydrogens (tertiary/aromatic N) is 1. The lowest BCUT2D eigenvalue weighted by Gasteiger charge is -2.23. The van der Waals surface area contributed by atoms with Crippen molar-refractivity contribution in [3.8, 4) is 0 Å². The molecule has 4 aromatic carbocycles. The summed E-state index contributed by atoms with van der Waals surface area (Å²) in [5.74, 6) is -0.472. The Morgan fingerprint density at radius 3 is 2.43 bits per heavy atom. The molecule has 4 aromatic rings. The molecule has 4 nitrogen and oxygen atoms in total. The largest absolute Gasteiger partial charge is 0.375 e. The third kappa shape index (κ3) is 4.13. The highest BCUT2D eigenvalue weighted by atomic mass is 35.5. The van der Waals surface area contributed by atoms with Gasteiger partial charge in [0.25, 0.3) is 5.91 Å². The Bertz CT molecular complexity index is 1440. The van der Waals surface area contributed by atoms with Crippen LogP contribution < -0.4 is 4.90 Å². The molecule has 0 spiro atoms. The highest BCUT2D eigenvalue weighted by Gasteiger charge is 2.51. The number of anilines is 1. The normalized spacial score (nSPS) is 17.3. The van der Waals surface area contributed by atoms with Crippen LogP contribution in [0.25, 0.3) is 10.8 Å². The summed E-state index contributed by atoms with van der Waals surface area (Å²) in [6.45, 7) is 4.44. The lowest BCUT2D eigenvalue weighted by atomic mass is 9.87. The highest BCUT2D eigenvalue weighted by Crippen LogP contribution is 2.45. The Labute approximate surface area is 209 Å². The van der Waals surface area contributed by atoms with Gasteiger partial charge >= 0.3 is 0 Å². The van der Waals surface area contributed by atoms with Crippen LogP contribution in [0.15, 0.2) is 84.9 Å². The van der Waals surface area contributed by atoms with Crippen molar-refractivity contribution < 1.29 is 14.7 Å². The molecule has 0 aliphatic carbocycles.